The van der Waals surface area contributed by atoms with Crippen LogP contribution in [0.2, 0.25) is 0 Å². The number of nitrogens with two attached hydrogens (primary N) is 1. The molecule has 1 heterocycles. The highest BCUT2D eigenvalue weighted by atomic mass is 16.3. The Kier molecular flexibility index (Phi) is 4.17. The summed E-state index contributed by atoms with van der Waals surface area (Å²) in [6.07, 6.45) is 0. The molecule has 0 spiro atoms. The van der Waals surface area contributed by atoms with Gasteiger partial charge in [-0.3, -0.25) is 0 Å². The number of hydrogen-bond acceptors (Lipinski definition) is 3. The first-order valence-corrected chi connectivity index (χ1v) is 5.13. The van der Waals surface area contributed by atoms with Gasteiger partial charge in [-0.05, 0) is 31.5 Å². The summed E-state index contributed by atoms with van der Waals surface area (Å²) < 4.78 is 5.53. The Morgan fingerprint density at radius 3 is 2.57 bits per heavy atom. The topological polar surface area (TPSA) is 51.2 Å². The normalized spacial score (nSPS) is 13.5. The SMILES string of the molecule is Cc1ccc(C(CN)NCC(C)C)o1. The molecule has 0 saturated carbocycles. The highest BCUT2D eigenvalue weighted by molar-refractivity contribution is 5.10. The summed E-state index contributed by atoms with van der Waals surface area (Å²) in [6.45, 7) is 7.82. The maximum Gasteiger partial charge on any atom is 0.122 e. The molecular formula is C11H20N2O. The van der Waals surface area contributed by atoms with Crippen LogP contribution in [0.25, 0.3) is 0 Å². The molecule has 0 amide bonds. The molecule has 1 unspecified atom stereocenters. The van der Waals surface area contributed by atoms with Gasteiger partial charge in [0.15, 0.2) is 0 Å². The lowest BCUT2D eigenvalue weighted by Crippen LogP contribution is -2.30. The standard InChI is InChI=1S/C11H20N2O/c1-8(2)7-13-10(6-12)11-5-4-9(3)14-11/h4-5,8,10,13H,6-7,12H2,1-3H3. The Bertz CT molecular complexity index is 268. The van der Waals surface area contributed by atoms with E-state index in [1.807, 2.05) is 19.1 Å². The third kappa shape index (κ3) is 3.16. The summed E-state index contributed by atoms with van der Waals surface area (Å²) >= 11 is 0. The van der Waals surface area contributed by atoms with Crippen molar-refractivity contribution in [3.8, 4) is 0 Å². The number of furan rings is 1. The van der Waals surface area contributed by atoms with E-state index in [1.165, 1.54) is 0 Å². The molecule has 0 bridgehead atoms. The van der Waals surface area contributed by atoms with Crippen LogP contribution in [-0.2, 0) is 0 Å². The maximum absolute atomic E-state index is 5.68. The van der Waals surface area contributed by atoms with E-state index >= 15 is 0 Å². The molecule has 0 aliphatic rings. The van der Waals surface area contributed by atoms with Crippen molar-refractivity contribution in [2.75, 3.05) is 13.1 Å². The van der Waals surface area contributed by atoms with E-state index in [4.69, 9.17) is 10.2 Å². The Balaban J connectivity index is 2.54. The third-order valence-electron chi connectivity index (χ3n) is 2.11. The van der Waals surface area contributed by atoms with Gasteiger partial charge in [-0.1, -0.05) is 13.8 Å². The highest BCUT2D eigenvalue weighted by Gasteiger charge is 2.12. The number of aryl methyl sites for hydroxylation is 1. The van der Waals surface area contributed by atoms with Crippen molar-refractivity contribution < 1.29 is 4.42 Å². The molecule has 3 N–H and O–H groups in total. The van der Waals surface area contributed by atoms with E-state index in [0.29, 0.717) is 12.5 Å². The largest absolute Gasteiger partial charge is 0.465 e. The second kappa shape index (κ2) is 5.17. The number of hydrogen-bond donors (Lipinski definition) is 2. The van der Waals surface area contributed by atoms with Gasteiger partial charge in [-0.2, -0.15) is 0 Å². The summed E-state index contributed by atoms with van der Waals surface area (Å²) in [4.78, 5) is 0. The lowest BCUT2D eigenvalue weighted by atomic mass is 10.2. The van der Waals surface area contributed by atoms with E-state index < -0.39 is 0 Å². The molecule has 0 aliphatic carbocycles. The summed E-state index contributed by atoms with van der Waals surface area (Å²) in [7, 11) is 0. The molecule has 0 radical (unpaired) electrons. The van der Waals surface area contributed by atoms with Crippen LogP contribution < -0.4 is 11.1 Å². The van der Waals surface area contributed by atoms with Gasteiger partial charge in [0, 0.05) is 6.54 Å². The summed E-state index contributed by atoms with van der Waals surface area (Å²) in [5.74, 6) is 2.50. The molecule has 3 heteroatoms. The average Bonchev–Trinajstić information content (AvgIpc) is 2.53. The van der Waals surface area contributed by atoms with Gasteiger partial charge in [0.2, 0.25) is 0 Å². The first kappa shape index (κ1) is 11.3. The van der Waals surface area contributed by atoms with E-state index in [0.717, 1.165) is 18.1 Å². The third-order valence-corrected chi connectivity index (χ3v) is 2.11. The summed E-state index contributed by atoms with van der Waals surface area (Å²) in [6, 6.07) is 4.10. The fraction of sp³-hybridized carbons (Fsp3) is 0.636. The zero-order chi connectivity index (χ0) is 10.6. The molecule has 0 aromatic carbocycles. The van der Waals surface area contributed by atoms with E-state index in [1.54, 1.807) is 0 Å². The quantitative estimate of drug-likeness (QED) is 0.755. The van der Waals surface area contributed by atoms with E-state index in [2.05, 4.69) is 19.2 Å². The van der Waals surface area contributed by atoms with Crippen molar-refractivity contribution >= 4 is 0 Å². The minimum atomic E-state index is 0.145. The monoisotopic (exact) mass is 196 g/mol. The van der Waals surface area contributed by atoms with Gasteiger partial charge in [0.25, 0.3) is 0 Å². The fourth-order valence-corrected chi connectivity index (χ4v) is 1.32. The van der Waals surface area contributed by atoms with Crippen LogP contribution in [-0.4, -0.2) is 13.1 Å². The first-order chi connectivity index (χ1) is 6.63. The van der Waals surface area contributed by atoms with Crippen LogP contribution in [0.4, 0.5) is 0 Å². The molecular weight excluding hydrogens is 176 g/mol. The molecule has 0 aliphatic heterocycles. The van der Waals surface area contributed by atoms with Crippen LogP contribution in [0.5, 0.6) is 0 Å². The van der Waals surface area contributed by atoms with Crippen LogP contribution in [0.3, 0.4) is 0 Å². The molecule has 1 atom stereocenters. The van der Waals surface area contributed by atoms with Gasteiger partial charge >= 0.3 is 0 Å². The highest BCUT2D eigenvalue weighted by Crippen LogP contribution is 2.15. The lowest BCUT2D eigenvalue weighted by molar-refractivity contribution is 0.389. The van der Waals surface area contributed by atoms with E-state index in [9.17, 15) is 0 Å². The van der Waals surface area contributed by atoms with Crippen molar-refractivity contribution in [2.45, 2.75) is 26.8 Å². The molecule has 1 aromatic heterocycles. The number of nitrogens with one attached hydrogen (secondary N) is 1. The molecule has 0 saturated heterocycles. The second-order valence-electron chi connectivity index (χ2n) is 4.04. The lowest BCUT2D eigenvalue weighted by Gasteiger charge is -2.15. The average molecular weight is 196 g/mol. The van der Waals surface area contributed by atoms with Gasteiger partial charge in [0.1, 0.15) is 11.5 Å². The molecule has 0 fully saturated rings. The molecule has 80 valence electrons. The zero-order valence-electron chi connectivity index (χ0n) is 9.21. The van der Waals surface area contributed by atoms with Crippen molar-refractivity contribution in [1.29, 1.82) is 0 Å². The van der Waals surface area contributed by atoms with Gasteiger partial charge < -0.3 is 15.5 Å². The predicted octanol–water partition coefficient (Wildman–Crippen LogP) is 1.83. The number of rotatable bonds is 5. The molecule has 14 heavy (non-hydrogen) atoms. The fourth-order valence-electron chi connectivity index (χ4n) is 1.32. The van der Waals surface area contributed by atoms with Gasteiger partial charge in [-0.25, -0.2) is 0 Å². The second-order valence-corrected chi connectivity index (χ2v) is 4.04. The van der Waals surface area contributed by atoms with Crippen molar-refractivity contribution in [3.63, 3.8) is 0 Å². The maximum atomic E-state index is 5.68. The smallest absolute Gasteiger partial charge is 0.122 e. The van der Waals surface area contributed by atoms with Crippen molar-refractivity contribution in [3.05, 3.63) is 23.7 Å². The minimum absolute atomic E-state index is 0.145. The molecule has 1 rings (SSSR count). The van der Waals surface area contributed by atoms with Crippen molar-refractivity contribution in [2.24, 2.45) is 11.7 Å². The zero-order valence-corrected chi connectivity index (χ0v) is 9.21. The Morgan fingerprint density at radius 2 is 2.14 bits per heavy atom. The first-order valence-electron chi connectivity index (χ1n) is 5.13. The Labute approximate surface area is 85.7 Å². The van der Waals surface area contributed by atoms with Crippen LogP contribution in [0.1, 0.15) is 31.4 Å². The molecule has 3 nitrogen and oxygen atoms in total. The van der Waals surface area contributed by atoms with Gasteiger partial charge in [0.05, 0.1) is 6.04 Å². The van der Waals surface area contributed by atoms with Gasteiger partial charge in [-0.15, -0.1) is 0 Å². The summed E-state index contributed by atoms with van der Waals surface area (Å²) in [5.41, 5.74) is 5.68. The van der Waals surface area contributed by atoms with Crippen LogP contribution in [0, 0.1) is 12.8 Å². The van der Waals surface area contributed by atoms with Crippen molar-refractivity contribution in [1.82, 2.24) is 5.32 Å². The van der Waals surface area contributed by atoms with Crippen LogP contribution in [0.15, 0.2) is 16.5 Å². The summed E-state index contributed by atoms with van der Waals surface area (Å²) in [5, 5.41) is 3.38. The van der Waals surface area contributed by atoms with Crippen LogP contribution >= 0.6 is 0 Å². The molecule has 1 aromatic rings. The minimum Gasteiger partial charge on any atom is -0.465 e. The Hall–Kier alpha value is -0.800. The van der Waals surface area contributed by atoms with E-state index in [-0.39, 0.29) is 6.04 Å². The Morgan fingerprint density at radius 1 is 1.43 bits per heavy atom. The predicted molar refractivity (Wildman–Crippen MR) is 58.1 cm³/mol.